The highest BCUT2D eigenvalue weighted by Gasteiger charge is 2.60. The Labute approximate surface area is 240 Å². The molecule has 222 valence electrons. The third kappa shape index (κ3) is 5.65. The molecule has 0 unspecified atom stereocenters. The standard InChI is InChI=1S/C24H35N11O5S/c1-11-19-18(12(2)29-17(36)9-34-10-28-31-32-34)23(38)35(19)20(24(39)40)21(11)41-14-5-15(27-7-14)22(37)33-4-3-13(8-33)30-16(26)6-25/h10-15,18-19,27H,3-9,25H2,1-2H3,(H2,26,30)(H,29,36)(H,39,40)/t11-,12-,13-,14+,15+,18-,19-/m1/s1. The Balaban J connectivity index is 1.19. The summed E-state index contributed by atoms with van der Waals surface area (Å²) in [6, 6.07) is -1.27. The van der Waals surface area contributed by atoms with Crippen molar-refractivity contribution in [2.24, 2.45) is 17.6 Å². The summed E-state index contributed by atoms with van der Waals surface area (Å²) in [5, 5.41) is 37.6. The quantitative estimate of drug-likeness (QED) is 0.0949. The van der Waals surface area contributed by atoms with Gasteiger partial charge in [-0.25, -0.2) is 9.48 Å². The van der Waals surface area contributed by atoms with E-state index in [0.717, 1.165) is 6.42 Å². The second kappa shape index (κ2) is 11.7. The Kier molecular flexibility index (Phi) is 8.28. The van der Waals surface area contributed by atoms with Crippen LogP contribution in [0.3, 0.4) is 0 Å². The Morgan fingerprint density at radius 1 is 1.37 bits per heavy atom. The number of hydrogen-bond acceptors (Lipinski definition) is 11. The number of hydrogen-bond donors (Lipinski definition) is 6. The molecule has 4 aliphatic heterocycles. The topological polar surface area (TPSA) is 225 Å². The Morgan fingerprint density at radius 3 is 2.83 bits per heavy atom. The van der Waals surface area contributed by atoms with Gasteiger partial charge in [-0.2, -0.15) is 0 Å². The summed E-state index contributed by atoms with van der Waals surface area (Å²) < 4.78 is 1.27. The van der Waals surface area contributed by atoms with E-state index in [0.29, 0.717) is 31.0 Å². The van der Waals surface area contributed by atoms with Gasteiger partial charge in [0, 0.05) is 47.8 Å². The van der Waals surface area contributed by atoms with Crippen LogP contribution in [0.25, 0.3) is 0 Å². The van der Waals surface area contributed by atoms with Crippen LogP contribution in [0.2, 0.25) is 0 Å². The van der Waals surface area contributed by atoms with Crippen molar-refractivity contribution in [2.75, 3.05) is 26.2 Å². The number of nitrogens with zero attached hydrogens (tertiary/aromatic N) is 6. The van der Waals surface area contributed by atoms with Gasteiger partial charge in [0.25, 0.3) is 0 Å². The molecule has 0 bridgehead atoms. The summed E-state index contributed by atoms with van der Waals surface area (Å²) in [4.78, 5) is 54.9. The molecular formula is C24H35N11O5S. The number of rotatable bonds is 10. The maximum absolute atomic E-state index is 13.2. The van der Waals surface area contributed by atoms with Gasteiger partial charge in [-0.1, -0.05) is 6.92 Å². The molecule has 7 N–H and O–H groups in total. The van der Waals surface area contributed by atoms with Gasteiger partial charge in [0.2, 0.25) is 17.7 Å². The number of carbonyl (C=O) groups excluding carboxylic acids is 3. The number of nitrogens with one attached hydrogen (secondary N) is 4. The first kappa shape index (κ1) is 28.9. The summed E-state index contributed by atoms with van der Waals surface area (Å²) in [6.07, 6.45) is 2.59. The molecule has 7 atom stereocenters. The van der Waals surface area contributed by atoms with Crippen molar-refractivity contribution in [1.29, 1.82) is 5.41 Å². The number of amides is 3. The highest BCUT2D eigenvalue weighted by atomic mass is 32.2. The lowest BCUT2D eigenvalue weighted by atomic mass is 9.78. The average molecular weight is 590 g/mol. The normalized spacial score (nSPS) is 29.8. The molecule has 4 aliphatic rings. The van der Waals surface area contributed by atoms with Crippen LogP contribution in [-0.4, -0.2) is 120 Å². The van der Waals surface area contributed by atoms with Crippen molar-refractivity contribution in [1.82, 2.24) is 46.0 Å². The highest BCUT2D eigenvalue weighted by Crippen LogP contribution is 2.51. The molecule has 1 aromatic rings. The molecule has 0 spiro atoms. The lowest BCUT2D eigenvalue weighted by Crippen LogP contribution is -2.66. The Bertz CT molecular complexity index is 1260. The van der Waals surface area contributed by atoms with E-state index in [9.17, 15) is 24.3 Å². The average Bonchev–Trinajstić information content (AvgIpc) is 3.72. The van der Waals surface area contributed by atoms with Gasteiger partial charge in [0.1, 0.15) is 24.4 Å². The first-order valence-corrected chi connectivity index (χ1v) is 14.5. The molecule has 5 rings (SSSR count). The lowest BCUT2D eigenvalue weighted by Gasteiger charge is -2.47. The zero-order valence-corrected chi connectivity index (χ0v) is 23.6. The largest absolute Gasteiger partial charge is 0.477 e. The maximum atomic E-state index is 13.2. The van der Waals surface area contributed by atoms with Gasteiger partial charge >= 0.3 is 5.97 Å². The minimum absolute atomic E-state index is 0.00551. The molecule has 16 nitrogen and oxygen atoms in total. The van der Waals surface area contributed by atoms with Crippen LogP contribution in [0.1, 0.15) is 26.7 Å². The number of fused-ring (bicyclic) bond motifs is 1. The number of amidine groups is 1. The van der Waals surface area contributed by atoms with Crippen molar-refractivity contribution >= 4 is 41.3 Å². The van der Waals surface area contributed by atoms with Gasteiger partial charge < -0.3 is 36.6 Å². The van der Waals surface area contributed by atoms with Crippen LogP contribution in [0.5, 0.6) is 0 Å². The second-order valence-corrected chi connectivity index (χ2v) is 12.3. The van der Waals surface area contributed by atoms with E-state index >= 15 is 0 Å². The van der Waals surface area contributed by atoms with E-state index < -0.39 is 17.9 Å². The number of aliphatic carboxylic acids is 1. The first-order chi connectivity index (χ1) is 19.6. The molecule has 17 heteroatoms. The molecule has 41 heavy (non-hydrogen) atoms. The van der Waals surface area contributed by atoms with Crippen LogP contribution in [0, 0.1) is 17.2 Å². The van der Waals surface area contributed by atoms with Gasteiger partial charge in [-0.3, -0.25) is 19.8 Å². The summed E-state index contributed by atoms with van der Waals surface area (Å²) in [6.45, 7) is 5.32. The van der Waals surface area contributed by atoms with Crippen LogP contribution < -0.4 is 21.7 Å². The van der Waals surface area contributed by atoms with Gasteiger partial charge in [0.05, 0.1) is 24.5 Å². The third-order valence-corrected chi connectivity index (χ3v) is 9.69. The predicted molar refractivity (Wildman–Crippen MR) is 146 cm³/mol. The molecule has 3 fully saturated rings. The molecule has 1 aromatic heterocycles. The summed E-state index contributed by atoms with van der Waals surface area (Å²) in [5.74, 6) is -2.42. The van der Waals surface area contributed by atoms with E-state index in [1.165, 1.54) is 27.7 Å². The van der Waals surface area contributed by atoms with E-state index in [1.807, 2.05) is 6.92 Å². The molecular weight excluding hydrogens is 554 g/mol. The van der Waals surface area contributed by atoms with Crippen LogP contribution >= 0.6 is 11.8 Å². The summed E-state index contributed by atoms with van der Waals surface area (Å²) >= 11 is 1.42. The number of thioether (sulfide) groups is 1. The predicted octanol–water partition coefficient (Wildman–Crippen LogP) is -2.46. The van der Waals surface area contributed by atoms with E-state index in [4.69, 9.17) is 11.1 Å². The molecule has 0 saturated carbocycles. The van der Waals surface area contributed by atoms with Crippen LogP contribution in [-0.2, 0) is 25.7 Å². The number of β-lactam (4-membered cyclic amide) rings is 1. The lowest BCUT2D eigenvalue weighted by molar-refractivity contribution is -0.158. The fourth-order valence-corrected chi connectivity index (χ4v) is 7.73. The van der Waals surface area contributed by atoms with Crippen molar-refractivity contribution in [3.8, 4) is 0 Å². The molecule has 5 heterocycles. The van der Waals surface area contributed by atoms with E-state index in [1.54, 1.807) is 11.8 Å². The number of nitrogens with two attached hydrogens (primary N) is 1. The Hall–Kier alpha value is -3.57. The van der Waals surface area contributed by atoms with Crippen molar-refractivity contribution in [2.45, 2.75) is 62.7 Å². The zero-order chi connectivity index (χ0) is 29.4. The van der Waals surface area contributed by atoms with Gasteiger partial charge in [-0.05, 0) is 30.2 Å². The number of likely N-dealkylation sites (tertiary alicyclic amines) is 1. The number of carbonyl (C=O) groups is 4. The second-order valence-electron chi connectivity index (χ2n) is 10.9. The maximum Gasteiger partial charge on any atom is 0.353 e. The summed E-state index contributed by atoms with van der Waals surface area (Å²) in [5.41, 5.74) is 5.48. The molecule has 0 aromatic carbocycles. The minimum atomic E-state index is -1.17. The fourth-order valence-electron chi connectivity index (χ4n) is 6.25. The Morgan fingerprint density at radius 2 is 2.15 bits per heavy atom. The highest BCUT2D eigenvalue weighted by molar-refractivity contribution is 8.03. The van der Waals surface area contributed by atoms with Crippen molar-refractivity contribution in [3.05, 3.63) is 16.9 Å². The smallest absolute Gasteiger partial charge is 0.353 e. The van der Waals surface area contributed by atoms with Crippen molar-refractivity contribution in [3.63, 3.8) is 0 Å². The number of aromatic nitrogens is 4. The van der Waals surface area contributed by atoms with Crippen LogP contribution in [0.4, 0.5) is 0 Å². The first-order valence-electron chi connectivity index (χ1n) is 13.6. The molecule has 0 radical (unpaired) electrons. The third-order valence-electron chi connectivity index (χ3n) is 8.18. The van der Waals surface area contributed by atoms with Gasteiger partial charge in [0.15, 0.2) is 0 Å². The minimum Gasteiger partial charge on any atom is -0.477 e. The van der Waals surface area contributed by atoms with Crippen LogP contribution in [0.15, 0.2) is 16.9 Å². The number of tetrazole rings is 1. The number of carboxylic acids is 1. The molecule has 0 aliphatic carbocycles. The monoisotopic (exact) mass is 589 g/mol. The summed E-state index contributed by atoms with van der Waals surface area (Å²) in [7, 11) is 0. The SMILES string of the molecule is C[C@@H](NC(=O)Cn1cnnn1)[C@H]1C(=O)N2C(C(=O)O)=C(S[C@@H]3CN[C@H](C(=O)N4CC[C@@H](NC(=N)CN)C4)C3)[C@H](C)[C@H]12. The zero-order valence-electron chi connectivity index (χ0n) is 22.8. The van der Waals surface area contributed by atoms with E-state index in [-0.39, 0.29) is 71.6 Å². The molecule has 3 saturated heterocycles. The molecule has 3 amide bonds. The fraction of sp³-hybridized carbons (Fsp3) is 0.667. The van der Waals surface area contributed by atoms with Crippen molar-refractivity contribution < 1.29 is 24.3 Å². The van der Waals surface area contributed by atoms with E-state index in [2.05, 4.69) is 31.5 Å². The number of carboxylic acid groups (broad SMARTS) is 1. The van der Waals surface area contributed by atoms with Gasteiger partial charge in [-0.15, -0.1) is 16.9 Å².